The highest BCUT2D eigenvalue weighted by Gasteiger charge is 2.39. The third-order valence-electron chi connectivity index (χ3n) is 6.13. The molecule has 2 rings (SSSR count). The summed E-state index contributed by atoms with van der Waals surface area (Å²) in [5, 5.41) is 3.18. The lowest BCUT2D eigenvalue weighted by Gasteiger charge is -2.45. The molecule has 3 nitrogen and oxygen atoms in total. The molecule has 0 spiro atoms. The predicted octanol–water partition coefficient (Wildman–Crippen LogP) is 7.41. The summed E-state index contributed by atoms with van der Waals surface area (Å²) in [7, 11) is 0. The number of urea groups is 1. The fraction of sp³-hybridized carbons (Fsp3) is 0.720. The summed E-state index contributed by atoms with van der Waals surface area (Å²) in [5.74, 6) is 0.484. The summed E-state index contributed by atoms with van der Waals surface area (Å²) in [4.78, 5) is 14.9. The molecule has 1 unspecified atom stereocenters. The van der Waals surface area contributed by atoms with Crippen molar-refractivity contribution in [2.75, 3.05) is 11.4 Å². The SMILES string of the molecule is CCCCCCCCCCCCNC(=O)N1c2ccccc2C(C)CC1(C)C. The Bertz CT molecular complexity index is 596. The first kappa shape index (κ1) is 22.8. The van der Waals surface area contributed by atoms with Crippen LogP contribution in [0.1, 0.15) is 110 Å². The number of hydrogen-bond acceptors (Lipinski definition) is 1. The molecule has 1 aromatic carbocycles. The number of amides is 2. The predicted molar refractivity (Wildman–Crippen MR) is 121 cm³/mol. The molecule has 1 heterocycles. The van der Waals surface area contributed by atoms with Crippen molar-refractivity contribution in [1.82, 2.24) is 5.32 Å². The van der Waals surface area contributed by atoms with Gasteiger partial charge in [-0.1, -0.05) is 89.8 Å². The van der Waals surface area contributed by atoms with Gasteiger partial charge in [-0.2, -0.15) is 0 Å². The lowest BCUT2D eigenvalue weighted by Crippen LogP contribution is -2.55. The summed E-state index contributed by atoms with van der Waals surface area (Å²) in [6, 6.07) is 8.42. The number of benzene rings is 1. The van der Waals surface area contributed by atoms with Gasteiger partial charge in [-0.15, -0.1) is 0 Å². The summed E-state index contributed by atoms with van der Waals surface area (Å²) < 4.78 is 0. The number of hydrogen-bond donors (Lipinski definition) is 1. The first-order chi connectivity index (χ1) is 13.5. The first-order valence-corrected chi connectivity index (χ1v) is 11.6. The van der Waals surface area contributed by atoms with Crippen LogP contribution in [0.3, 0.4) is 0 Å². The highest BCUT2D eigenvalue weighted by atomic mass is 16.2. The van der Waals surface area contributed by atoms with E-state index in [1.54, 1.807) is 0 Å². The Morgan fingerprint density at radius 1 is 1.00 bits per heavy atom. The minimum absolute atomic E-state index is 0.0558. The number of unbranched alkanes of at least 4 members (excludes halogenated alkanes) is 9. The van der Waals surface area contributed by atoms with E-state index >= 15 is 0 Å². The number of nitrogens with zero attached hydrogens (tertiary/aromatic N) is 1. The molecule has 1 atom stereocenters. The van der Waals surface area contributed by atoms with Gasteiger partial charge in [0, 0.05) is 17.8 Å². The third kappa shape index (κ3) is 6.53. The second-order valence-corrected chi connectivity index (χ2v) is 9.23. The number of carbonyl (C=O) groups is 1. The number of para-hydroxylation sites is 1. The highest BCUT2D eigenvalue weighted by molar-refractivity contribution is 5.95. The third-order valence-corrected chi connectivity index (χ3v) is 6.13. The van der Waals surface area contributed by atoms with Crippen molar-refractivity contribution in [2.45, 2.75) is 110 Å². The van der Waals surface area contributed by atoms with Gasteiger partial charge in [0.15, 0.2) is 0 Å². The van der Waals surface area contributed by atoms with Gasteiger partial charge in [0.05, 0.1) is 0 Å². The highest BCUT2D eigenvalue weighted by Crippen LogP contribution is 2.43. The van der Waals surface area contributed by atoms with E-state index in [1.807, 2.05) is 11.0 Å². The molecule has 0 saturated heterocycles. The molecular weight excluding hydrogens is 344 g/mol. The Balaban J connectivity index is 1.69. The molecular formula is C25H42N2O. The monoisotopic (exact) mass is 386 g/mol. The number of nitrogens with one attached hydrogen (secondary N) is 1. The molecule has 1 aliphatic rings. The van der Waals surface area contributed by atoms with Crippen molar-refractivity contribution in [3.05, 3.63) is 29.8 Å². The van der Waals surface area contributed by atoms with Crippen LogP contribution < -0.4 is 10.2 Å². The number of carbonyl (C=O) groups excluding carboxylic acids is 1. The fourth-order valence-corrected chi connectivity index (χ4v) is 4.66. The normalized spacial score (nSPS) is 18.0. The van der Waals surface area contributed by atoms with Crippen LogP contribution >= 0.6 is 0 Å². The smallest absolute Gasteiger partial charge is 0.322 e. The molecule has 0 aromatic heterocycles. The van der Waals surface area contributed by atoms with E-state index in [9.17, 15) is 4.79 Å². The Labute approximate surface area is 173 Å². The second kappa shape index (κ2) is 11.5. The standard InChI is InChI=1S/C25H42N2O/c1-5-6-7-8-9-10-11-12-13-16-19-26-24(28)27-23-18-15-14-17-22(23)21(2)20-25(27,3)4/h14-15,17-18,21H,5-13,16,19-20H2,1-4H3,(H,26,28). The van der Waals surface area contributed by atoms with Gasteiger partial charge in [-0.25, -0.2) is 4.79 Å². The van der Waals surface area contributed by atoms with Gasteiger partial charge in [0.1, 0.15) is 0 Å². The molecule has 28 heavy (non-hydrogen) atoms. The summed E-state index contributed by atoms with van der Waals surface area (Å²) in [6.45, 7) is 9.67. The second-order valence-electron chi connectivity index (χ2n) is 9.23. The van der Waals surface area contributed by atoms with E-state index in [0.29, 0.717) is 5.92 Å². The zero-order chi connectivity index (χ0) is 20.4. The van der Waals surface area contributed by atoms with Gasteiger partial charge in [0.25, 0.3) is 0 Å². The number of fused-ring (bicyclic) bond motifs is 1. The summed E-state index contributed by atoms with van der Waals surface area (Å²) in [5.41, 5.74) is 2.21. The van der Waals surface area contributed by atoms with Crippen LogP contribution in [0.15, 0.2) is 24.3 Å². The van der Waals surface area contributed by atoms with Crippen molar-refractivity contribution in [3.63, 3.8) is 0 Å². The van der Waals surface area contributed by atoms with Crippen molar-refractivity contribution in [1.29, 1.82) is 0 Å². The molecule has 3 heteroatoms. The van der Waals surface area contributed by atoms with Gasteiger partial charge < -0.3 is 5.32 Å². The Morgan fingerprint density at radius 3 is 2.21 bits per heavy atom. The molecule has 0 saturated carbocycles. The van der Waals surface area contributed by atoms with Crippen molar-refractivity contribution < 1.29 is 4.79 Å². The Hall–Kier alpha value is -1.51. The zero-order valence-electron chi connectivity index (χ0n) is 18.7. The van der Waals surface area contributed by atoms with E-state index in [2.05, 4.69) is 51.2 Å². The van der Waals surface area contributed by atoms with E-state index in [0.717, 1.165) is 25.1 Å². The van der Waals surface area contributed by atoms with Crippen molar-refractivity contribution >= 4 is 11.7 Å². The largest absolute Gasteiger partial charge is 0.338 e. The lowest BCUT2D eigenvalue weighted by atomic mass is 9.80. The molecule has 158 valence electrons. The van der Waals surface area contributed by atoms with Crippen LogP contribution in [0.5, 0.6) is 0 Å². The molecule has 1 N–H and O–H groups in total. The number of anilines is 1. The Kier molecular flexibility index (Phi) is 9.34. The summed E-state index contributed by atoms with van der Waals surface area (Å²) in [6.07, 6.45) is 14.2. The van der Waals surface area contributed by atoms with Crippen molar-refractivity contribution in [3.8, 4) is 0 Å². The van der Waals surface area contributed by atoms with Crippen LogP contribution in [0.2, 0.25) is 0 Å². The maximum Gasteiger partial charge on any atom is 0.322 e. The average Bonchev–Trinajstić information content (AvgIpc) is 2.65. The van der Waals surface area contributed by atoms with Gasteiger partial charge >= 0.3 is 6.03 Å². The van der Waals surface area contributed by atoms with Crippen LogP contribution in [-0.2, 0) is 0 Å². The molecule has 2 amide bonds. The van der Waals surface area contributed by atoms with Crippen LogP contribution in [0, 0.1) is 0 Å². The molecule has 1 aromatic rings. The average molecular weight is 387 g/mol. The molecule has 0 fully saturated rings. The first-order valence-electron chi connectivity index (χ1n) is 11.6. The maximum absolute atomic E-state index is 13.0. The zero-order valence-corrected chi connectivity index (χ0v) is 18.7. The van der Waals surface area contributed by atoms with E-state index in [1.165, 1.54) is 63.4 Å². The van der Waals surface area contributed by atoms with Crippen LogP contribution in [-0.4, -0.2) is 18.1 Å². The number of rotatable bonds is 11. The maximum atomic E-state index is 13.0. The lowest BCUT2D eigenvalue weighted by molar-refractivity contribution is 0.236. The minimum atomic E-state index is -0.157. The Morgan fingerprint density at radius 2 is 1.57 bits per heavy atom. The van der Waals surface area contributed by atoms with Crippen LogP contribution in [0.4, 0.5) is 10.5 Å². The molecule has 0 bridgehead atoms. The summed E-state index contributed by atoms with van der Waals surface area (Å²) >= 11 is 0. The van der Waals surface area contributed by atoms with E-state index in [4.69, 9.17) is 0 Å². The van der Waals surface area contributed by atoms with Crippen LogP contribution in [0.25, 0.3) is 0 Å². The molecule has 0 aliphatic carbocycles. The van der Waals surface area contributed by atoms with Gasteiger partial charge in [0.2, 0.25) is 0 Å². The van der Waals surface area contributed by atoms with E-state index in [-0.39, 0.29) is 11.6 Å². The quantitative estimate of drug-likeness (QED) is 0.394. The molecule has 0 radical (unpaired) electrons. The van der Waals surface area contributed by atoms with Gasteiger partial charge in [-0.05, 0) is 44.2 Å². The molecule has 1 aliphatic heterocycles. The minimum Gasteiger partial charge on any atom is -0.338 e. The van der Waals surface area contributed by atoms with Crippen molar-refractivity contribution in [2.24, 2.45) is 0 Å². The van der Waals surface area contributed by atoms with Gasteiger partial charge in [-0.3, -0.25) is 4.90 Å². The fourth-order valence-electron chi connectivity index (χ4n) is 4.66. The van der Waals surface area contributed by atoms with E-state index < -0.39 is 0 Å². The topological polar surface area (TPSA) is 32.3 Å².